The molecule has 0 spiro atoms. The average molecular weight is 478 g/mol. The van der Waals surface area contributed by atoms with E-state index in [4.69, 9.17) is 15.9 Å². The van der Waals surface area contributed by atoms with E-state index in [0.717, 1.165) is 17.3 Å². The van der Waals surface area contributed by atoms with Gasteiger partial charge in [-0.1, -0.05) is 17.7 Å². The Morgan fingerprint density at radius 3 is 2.38 bits per heavy atom. The first-order valence-electron chi connectivity index (χ1n) is 10.0. The van der Waals surface area contributed by atoms with Crippen LogP contribution >= 0.6 is 11.6 Å². The van der Waals surface area contributed by atoms with Gasteiger partial charge in [0.1, 0.15) is 5.82 Å². The van der Waals surface area contributed by atoms with E-state index in [1.165, 1.54) is 5.06 Å². The molecule has 0 amide bonds. The number of aromatic nitrogens is 2. The molecular formula is C21H24ClN5O4S. The summed E-state index contributed by atoms with van der Waals surface area (Å²) in [5.41, 5.74) is 1.87. The monoisotopic (exact) mass is 477 g/mol. The number of fused-ring (bicyclic) bond motifs is 1. The van der Waals surface area contributed by atoms with Crippen molar-refractivity contribution in [1.29, 1.82) is 0 Å². The van der Waals surface area contributed by atoms with Crippen molar-refractivity contribution in [2.45, 2.75) is 0 Å². The third-order valence-electron chi connectivity index (χ3n) is 5.19. The quantitative estimate of drug-likeness (QED) is 0.552. The number of piperazine rings is 1. The summed E-state index contributed by atoms with van der Waals surface area (Å²) in [6.07, 6.45) is 1.03. The van der Waals surface area contributed by atoms with Crippen LogP contribution in [0.3, 0.4) is 0 Å². The highest BCUT2D eigenvalue weighted by Crippen LogP contribution is 2.28. The lowest BCUT2D eigenvalue weighted by Crippen LogP contribution is -2.46. The van der Waals surface area contributed by atoms with Crippen LogP contribution in [-0.2, 0) is 14.4 Å². The van der Waals surface area contributed by atoms with Gasteiger partial charge in [0.25, 0.3) is 10.1 Å². The van der Waals surface area contributed by atoms with Gasteiger partial charge < -0.3 is 9.80 Å². The molecule has 1 aromatic heterocycles. The summed E-state index contributed by atoms with van der Waals surface area (Å²) in [4.78, 5) is 21.2. The second-order valence-corrected chi connectivity index (χ2v) is 9.82. The van der Waals surface area contributed by atoms with Crippen LogP contribution in [0.25, 0.3) is 16.6 Å². The molecule has 9 nitrogen and oxygen atoms in total. The molecule has 11 heteroatoms. The highest BCUT2D eigenvalue weighted by Gasteiger charge is 2.21. The van der Waals surface area contributed by atoms with Crippen LogP contribution in [0, 0.1) is 0 Å². The molecule has 0 atom stereocenters. The molecule has 0 unspecified atom stereocenters. The molecule has 0 bridgehead atoms. The normalized spacial score (nSPS) is 15.3. The zero-order valence-electron chi connectivity index (χ0n) is 18.0. The van der Waals surface area contributed by atoms with Gasteiger partial charge in [-0.05, 0) is 36.4 Å². The van der Waals surface area contributed by atoms with E-state index in [2.05, 4.69) is 9.88 Å². The van der Waals surface area contributed by atoms with E-state index in [9.17, 15) is 13.2 Å². The molecule has 4 rings (SSSR count). The van der Waals surface area contributed by atoms with Crippen molar-refractivity contribution in [3.05, 3.63) is 58.0 Å². The summed E-state index contributed by atoms with van der Waals surface area (Å²) in [5.74, 6) is 0.580. The molecule has 0 radical (unpaired) electrons. The summed E-state index contributed by atoms with van der Waals surface area (Å²) in [5, 5.41) is 2.79. The molecule has 32 heavy (non-hydrogen) atoms. The molecule has 2 heterocycles. The average Bonchev–Trinajstić information content (AvgIpc) is 2.72. The van der Waals surface area contributed by atoms with Gasteiger partial charge in [0.2, 0.25) is 0 Å². The smallest absolute Gasteiger partial charge is 0.354 e. The minimum Gasteiger partial charge on any atom is -0.369 e. The van der Waals surface area contributed by atoms with Crippen molar-refractivity contribution in [3.8, 4) is 5.69 Å². The van der Waals surface area contributed by atoms with E-state index < -0.39 is 15.8 Å². The lowest BCUT2D eigenvalue weighted by molar-refractivity contribution is -0.0541. The highest BCUT2D eigenvalue weighted by molar-refractivity contribution is 7.85. The Kier molecular flexibility index (Phi) is 6.13. The Hall–Kier alpha value is -2.66. The number of rotatable bonds is 5. The van der Waals surface area contributed by atoms with Crippen LogP contribution in [0.15, 0.2) is 47.3 Å². The van der Waals surface area contributed by atoms with Crippen LogP contribution in [0.1, 0.15) is 0 Å². The molecular weight excluding hydrogens is 454 g/mol. The zero-order valence-corrected chi connectivity index (χ0v) is 19.6. The van der Waals surface area contributed by atoms with Gasteiger partial charge in [0.05, 0.1) is 17.5 Å². The number of hydrogen-bond acceptors (Lipinski definition) is 8. The minimum absolute atomic E-state index is 0.396. The molecule has 1 fully saturated rings. The summed E-state index contributed by atoms with van der Waals surface area (Å²) >= 11 is 6.26. The summed E-state index contributed by atoms with van der Waals surface area (Å²) in [7, 11) is 0.143. The topological polar surface area (TPSA) is 88.0 Å². The third kappa shape index (κ3) is 4.73. The molecule has 0 aliphatic carbocycles. The largest absolute Gasteiger partial charge is 0.369 e. The van der Waals surface area contributed by atoms with E-state index in [1.54, 1.807) is 21.6 Å². The molecule has 0 saturated carbocycles. The number of nitrogens with zero attached hydrogens (tertiary/aromatic N) is 5. The van der Waals surface area contributed by atoms with Gasteiger partial charge in [-0.25, -0.2) is 4.79 Å². The van der Waals surface area contributed by atoms with E-state index in [1.807, 2.05) is 44.4 Å². The number of halogens is 1. The highest BCUT2D eigenvalue weighted by atomic mass is 35.5. The first-order valence-corrected chi connectivity index (χ1v) is 12.2. The Balaban J connectivity index is 1.70. The number of hydrogen-bond donors (Lipinski definition) is 0. The van der Waals surface area contributed by atoms with Crippen LogP contribution < -0.4 is 15.5 Å². The predicted molar refractivity (Wildman–Crippen MR) is 126 cm³/mol. The Morgan fingerprint density at radius 1 is 1.03 bits per heavy atom. The van der Waals surface area contributed by atoms with Gasteiger partial charge in [0, 0.05) is 56.4 Å². The first-order chi connectivity index (χ1) is 15.1. The van der Waals surface area contributed by atoms with Gasteiger partial charge in [-0.15, -0.1) is 0 Å². The van der Waals surface area contributed by atoms with E-state index >= 15 is 0 Å². The lowest BCUT2D eigenvalue weighted by Gasteiger charge is -2.34. The van der Waals surface area contributed by atoms with Crippen LogP contribution in [-0.4, -0.2) is 69.6 Å². The summed E-state index contributed by atoms with van der Waals surface area (Å²) in [6, 6.07) is 13.0. The minimum atomic E-state index is -3.54. The van der Waals surface area contributed by atoms with Gasteiger partial charge in [-0.2, -0.15) is 22.7 Å². The third-order valence-corrected chi connectivity index (χ3v) is 5.91. The van der Waals surface area contributed by atoms with Gasteiger partial charge >= 0.3 is 5.69 Å². The van der Waals surface area contributed by atoms with Crippen LogP contribution in [0.2, 0.25) is 5.02 Å². The van der Waals surface area contributed by atoms with Crippen molar-refractivity contribution < 1.29 is 12.7 Å². The number of anilines is 2. The fourth-order valence-corrected chi connectivity index (χ4v) is 4.51. The van der Waals surface area contributed by atoms with Crippen molar-refractivity contribution in [2.75, 3.05) is 56.3 Å². The molecule has 1 aliphatic rings. The second-order valence-electron chi connectivity index (χ2n) is 7.82. The fourth-order valence-electron chi connectivity index (χ4n) is 3.81. The summed E-state index contributed by atoms with van der Waals surface area (Å²) in [6.45, 7) is 2.04. The molecule has 2 aromatic carbocycles. The van der Waals surface area contributed by atoms with Crippen molar-refractivity contribution >= 4 is 44.1 Å². The van der Waals surface area contributed by atoms with Crippen molar-refractivity contribution in [3.63, 3.8) is 0 Å². The zero-order chi connectivity index (χ0) is 23.0. The summed E-state index contributed by atoms with van der Waals surface area (Å²) < 4.78 is 29.2. The number of hydroxylamine groups is 2. The van der Waals surface area contributed by atoms with E-state index in [-0.39, 0.29) is 0 Å². The van der Waals surface area contributed by atoms with Crippen LogP contribution in [0.5, 0.6) is 0 Å². The van der Waals surface area contributed by atoms with Gasteiger partial charge in [-0.3, -0.25) is 4.57 Å². The molecule has 3 aromatic rings. The van der Waals surface area contributed by atoms with E-state index in [0.29, 0.717) is 48.2 Å². The fraction of sp³-hybridized carbons (Fsp3) is 0.333. The lowest BCUT2D eigenvalue weighted by atomic mass is 10.2. The second kappa shape index (κ2) is 8.70. The Labute approximate surface area is 191 Å². The maximum Gasteiger partial charge on any atom is 0.354 e. The Bertz CT molecular complexity index is 1320. The maximum atomic E-state index is 13.0. The predicted octanol–water partition coefficient (Wildman–Crippen LogP) is 2.12. The maximum absolute atomic E-state index is 13.0. The molecule has 1 saturated heterocycles. The molecule has 170 valence electrons. The first kappa shape index (κ1) is 22.5. The number of benzene rings is 2. The Morgan fingerprint density at radius 2 is 1.72 bits per heavy atom. The SMILES string of the molecule is CN(C)c1nc(=O)n(-c2cccc(N3CCN(OS(C)(=O)=O)CC3)c2)c2cc(Cl)ccc12. The molecule has 1 aliphatic heterocycles. The van der Waals surface area contributed by atoms with Crippen LogP contribution in [0.4, 0.5) is 11.5 Å². The standard InChI is InChI=1S/C21H24ClN5O4S/c1-24(2)20-18-8-7-15(22)13-19(18)27(21(28)23-20)17-6-4-5-16(14-17)25-9-11-26(12-10-25)31-32(3,29)30/h4-8,13-14H,9-12H2,1-3H3. The van der Waals surface area contributed by atoms with Crippen molar-refractivity contribution in [2.24, 2.45) is 0 Å². The van der Waals surface area contributed by atoms with Crippen molar-refractivity contribution in [1.82, 2.24) is 14.6 Å². The van der Waals surface area contributed by atoms with Gasteiger partial charge in [0.15, 0.2) is 0 Å². The molecule has 0 N–H and O–H groups in total.